The van der Waals surface area contributed by atoms with Gasteiger partial charge in [0, 0.05) is 25.9 Å². The molecule has 144 valence electrons. The number of hydrogen-bond donors (Lipinski definition) is 1. The van der Waals surface area contributed by atoms with Gasteiger partial charge in [0.2, 0.25) is 15.9 Å². The van der Waals surface area contributed by atoms with Crippen molar-refractivity contribution in [2.45, 2.75) is 18.7 Å². The number of anilines is 1. The van der Waals surface area contributed by atoms with Crippen molar-refractivity contribution in [1.82, 2.24) is 4.31 Å². The van der Waals surface area contributed by atoms with Crippen molar-refractivity contribution in [3.05, 3.63) is 59.2 Å². The summed E-state index contributed by atoms with van der Waals surface area (Å²) in [6.45, 7) is 3.87. The Kier molecular flexibility index (Phi) is 6.41. The summed E-state index contributed by atoms with van der Waals surface area (Å²) in [7, 11) is 0.655. The first-order valence-corrected chi connectivity index (χ1v) is 9.76. The Bertz CT molecular complexity index is 979. The van der Waals surface area contributed by atoms with Gasteiger partial charge in [0.15, 0.2) is 0 Å². The Morgan fingerprint density at radius 2 is 1.81 bits per heavy atom. The molecule has 0 saturated carbocycles. The Morgan fingerprint density at radius 3 is 2.44 bits per heavy atom. The van der Waals surface area contributed by atoms with E-state index in [-0.39, 0.29) is 16.6 Å². The van der Waals surface area contributed by atoms with Crippen LogP contribution in [0.15, 0.2) is 47.4 Å². The van der Waals surface area contributed by atoms with Crippen molar-refractivity contribution in [3.8, 4) is 5.75 Å². The smallest absolute Gasteiger partial charge is 0.248 e. The van der Waals surface area contributed by atoms with E-state index in [0.717, 1.165) is 21.1 Å². The largest absolute Gasteiger partial charge is 0.495 e. The molecule has 0 atom stereocenters. The highest BCUT2D eigenvalue weighted by molar-refractivity contribution is 7.89. The van der Waals surface area contributed by atoms with Crippen LogP contribution in [-0.2, 0) is 14.8 Å². The van der Waals surface area contributed by atoms with E-state index in [0.29, 0.717) is 5.56 Å². The Balaban J connectivity index is 2.26. The topological polar surface area (TPSA) is 75.7 Å². The van der Waals surface area contributed by atoms with E-state index in [4.69, 9.17) is 4.74 Å². The number of nitrogens with zero attached hydrogens (tertiary/aromatic N) is 1. The van der Waals surface area contributed by atoms with Gasteiger partial charge in [-0.1, -0.05) is 18.2 Å². The summed E-state index contributed by atoms with van der Waals surface area (Å²) in [6.07, 6.45) is 2.93. The predicted molar refractivity (Wildman–Crippen MR) is 107 cm³/mol. The van der Waals surface area contributed by atoms with Gasteiger partial charge in [-0.05, 0) is 54.8 Å². The van der Waals surface area contributed by atoms with Crippen molar-refractivity contribution in [2.75, 3.05) is 26.5 Å². The Hall–Kier alpha value is -2.64. The van der Waals surface area contributed by atoms with Crippen molar-refractivity contribution in [3.63, 3.8) is 0 Å². The maximum Gasteiger partial charge on any atom is 0.248 e. The van der Waals surface area contributed by atoms with E-state index in [1.807, 2.05) is 32.0 Å². The molecule has 7 heteroatoms. The fourth-order valence-corrected chi connectivity index (χ4v) is 3.50. The molecule has 2 aromatic carbocycles. The van der Waals surface area contributed by atoms with E-state index in [2.05, 4.69) is 5.32 Å². The lowest BCUT2D eigenvalue weighted by molar-refractivity contribution is -0.111. The van der Waals surface area contributed by atoms with Crippen molar-refractivity contribution in [1.29, 1.82) is 0 Å². The maximum absolute atomic E-state index is 12.5. The zero-order chi connectivity index (χ0) is 20.2. The first-order valence-electron chi connectivity index (χ1n) is 8.32. The van der Waals surface area contributed by atoms with Crippen molar-refractivity contribution >= 4 is 27.7 Å². The number of carbonyl (C=O) groups excluding carboxylic acids is 1. The molecule has 1 N–H and O–H groups in total. The van der Waals surface area contributed by atoms with Crippen molar-refractivity contribution in [2.24, 2.45) is 0 Å². The Morgan fingerprint density at radius 1 is 1.11 bits per heavy atom. The molecule has 2 rings (SSSR count). The first-order chi connectivity index (χ1) is 12.6. The zero-order valence-corrected chi connectivity index (χ0v) is 16.9. The molecule has 2 aromatic rings. The number of sulfonamides is 1. The number of ether oxygens (including phenoxy) is 1. The molecule has 0 unspecified atom stereocenters. The van der Waals surface area contributed by atoms with Crippen LogP contribution in [0.2, 0.25) is 0 Å². The van der Waals surface area contributed by atoms with Crippen LogP contribution in [0.5, 0.6) is 5.75 Å². The molecule has 0 saturated heterocycles. The van der Waals surface area contributed by atoms with Gasteiger partial charge < -0.3 is 10.1 Å². The summed E-state index contributed by atoms with van der Waals surface area (Å²) in [5.41, 5.74) is 3.34. The molecule has 0 aliphatic heterocycles. The summed E-state index contributed by atoms with van der Waals surface area (Å²) in [5, 5.41) is 2.83. The van der Waals surface area contributed by atoms with Gasteiger partial charge in [0.1, 0.15) is 10.6 Å². The third-order valence-corrected chi connectivity index (χ3v) is 5.86. The minimum Gasteiger partial charge on any atom is -0.495 e. The van der Waals surface area contributed by atoms with Gasteiger partial charge >= 0.3 is 0 Å². The lowest BCUT2D eigenvalue weighted by Gasteiger charge is -2.15. The minimum atomic E-state index is -3.67. The number of amides is 1. The second kappa shape index (κ2) is 8.37. The van der Waals surface area contributed by atoms with Gasteiger partial charge in [-0.25, -0.2) is 12.7 Å². The molecule has 0 aromatic heterocycles. The molecular weight excluding hydrogens is 364 g/mol. The lowest BCUT2D eigenvalue weighted by Crippen LogP contribution is -2.22. The van der Waals surface area contributed by atoms with Crippen LogP contribution in [-0.4, -0.2) is 39.8 Å². The van der Waals surface area contributed by atoms with E-state index >= 15 is 0 Å². The first kappa shape index (κ1) is 20.7. The molecule has 0 aliphatic rings. The van der Waals surface area contributed by atoms with Crippen LogP contribution in [0, 0.1) is 13.8 Å². The van der Waals surface area contributed by atoms with Gasteiger partial charge in [-0.3, -0.25) is 4.79 Å². The highest BCUT2D eigenvalue weighted by atomic mass is 32.2. The van der Waals surface area contributed by atoms with Crippen LogP contribution in [0.4, 0.5) is 5.69 Å². The van der Waals surface area contributed by atoms with E-state index < -0.39 is 10.0 Å². The average molecular weight is 388 g/mol. The van der Waals surface area contributed by atoms with Crippen molar-refractivity contribution < 1.29 is 17.9 Å². The number of methoxy groups -OCH3 is 1. The number of carbonyl (C=O) groups is 1. The maximum atomic E-state index is 12.5. The third-order valence-electron chi connectivity index (χ3n) is 4.02. The fourth-order valence-electron chi connectivity index (χ4n) is 2.41. The molecule has 0 fully saturated rings. The second-order valence-electron chi connectivity index (χ2n) is 6.34. The number of hydrogen-bond acceptors (Lipinski definition) is 4. The number of nitrogens with one attached hydrogen (secondary N) is 1. The summed E-state index contributed by atoms with van der Waals surface area (Å²) >= 11 is 0. The molecule has 0 aliphatic carbocycles. The van der Waals surface area contributed by atoms with Crippen LogP contribution >= 0.6 is 0 Å². The SMILES string of the molecule is COc1ccc(/C=C/C(=O)Nc2cc(C)ccc2C)cc1S(=O)(=O)N(C)C. The summed E-state index contributed by atoms with van der Waals surface area (Å²) in [5.74, 6) is -0.0442. The highest BCUT2D eigenvalue weighted by Crippen LogP contribution is 2.27. The molecule has 0 heterocycles. The van der Waals surface area contributed by atoms with E-state index in [9.17, 15) is 13.2 Å². The summed E-state index contributed by atoms with van der Waals surface area (Å²) in [4.78, 5) is 12.3. The summed E-state index contributed by atoms with van der Waals surface area (Å²) < 4.78 is 31.2. The predicted octanol–water partition coefficient (Wildman–Crippen LogP) is 3.21. The average Bonchev–Trinajstić information content (AvgIpc) is 2.62. The fraction of sp³-hybridized carbons (Fsp3) is 0.250. The molecule has 6 nitrogen and oxygen atoms in total. The molecule has 0 spiro atoms. The molecular formula is C20H24N2O4S. The second-order valence-corrected chi connectivity index (χ2v) is 8.46. The molecule has 27 heavy (non-hydrogen) atoms. The Labute approximate surface area is 160 Å². The lowest BCUT2D eigenvalue weighted by atomic mass is 10.1. The number of benzene rings is 2. The van der Waals surface area contributed by atoms with Crippen LogP contribution in [0.25, 0.3) is 6.08 Å². The van der Waals surface area contributed by atoms with E-state index in [1.54, 1.807) is 18.2 Å². The van der Waals surface area contributed by atoms with Crippen LogP contribution in [0.3, 0.4) is 0 Å². The zero-order valence-electron chi connectivity index (χ0n) is 16.1. The van der Waals surface area contributed by atoms with Gasteiger partial charge in [0.05, 0.1) is 7.11 Å². The quantitative estimate of drug-likeness (QED) is 0.771. The minimum absolute atomic E-state index is 0.0482. The standard InChI is InChI=1S/C20H24N2O4S/c1-14-6-7-15(2)17(12-14)21-20(23)11-9-16-8-10-18(26-5)19(13-16)27(24,25)22(3)4/h6-13H,1-5H3,(H,21,23)/b11-9+. The molecule has 0 bridgehead atoms. The van der Waals surface area contributed by atoms with Gasteiger partial charge in [0.25, 0.3) is 0 Å². The van der Waals surface area contributed by atoms with Crippen LogP contribution in [0.1, 0.15) is 16.7 Å². The number of rotatable bonds is 6. The third kappa shape index (κ3) is 4.96. The van der Waals surface area contributed by atoms with Gasteiger partial charge in [-0.2, -0.15) is 0 Å². The highest BCUT2D eigenvalue weighted by Gasteiger charge is 2.22. The monoisotopic (exact) mass is 388 g/mol. The van der Waals surface area contributed by atoms with Gasteiger partial charge in [-0.15, -0.1) is 0 Å². The van der Waals surface area contributed by atoms with E-state index in [1.165, 1.54) is 33.3 Å². The normalized spacial score (nSPS) is 11.8. The van der Waals surface area contributed by atoms with Crippen LogP contribution < -0.4 is 10.1 Å². The number of aryl methyl sites for hydroxylation is 2. The molecule has 0 radical (unpaired) electrons. The summed E-state index contributed by atoms with van der Waals surface area (Å²) in [6, 6.07) is 10.6. The molecule has 1 amide bonds.